The second-order valence-corrected chi connectivity index (χ2v) is 7.85. The Hall–Kier alpha value is -3.20. The summed E-state index contributed by atoms with van der Waals surface area (Å²) in [5.74, 6) is -0.172. The molecule has 154 valence electrons. The van der Waals surface area contributed by atoms with E-state index < -0.39 is 5.92 Å². The van der Waals surface area contributed by atoms with Gasteiger partial charge in [-0.1, -0.05) is 22.0 Å². The van der Waals surface area contributed by atoms with Gasteiger partial charge in [-0.05, 0) is 36.4 Å². The number of aromatic nitrogens is 2. The maximum absolute atomic E-state index is 12.5. The summed E-state index contributed by atoms with van der Waals surface area (Å²) in [6, 6.07) is 13.9. The number of anilines is 1. The molecule has 30 heavy (non-hydrogen) atoms. The van der Waals surface area contributed by atoms with Gasteiger partial charge in [0.1, 0.15) is 5.69 Å². The Labute approximate surface area is 180 Å². The van der Waals surface area contributed by atoms with Gasteiger partial charge in [0, 0.05) is 35.7 Å². The van der Waals surface area contributed by atoms with Crippen LogP contribution >= 0.6 is 15.9 Å². The van der Waals surface area contributed by atoms with Gasteiger partial charge in [-0.2, -0.15) is 5.10 Å². The molecule has 1 atom stereocenters. The summed E-state index contributed by atoms with van der Waals surface area (Å²) in [7, 11) is 0. The van der Waals surface area contributed by atoms with Crippen LogP contribution in [0.1, 0.15) is 6.42 Å². The highest BCUT2D eigenvalue weighted by atomic mass is 79.9. The molecule has 0 bridgehead atoms. The van der Waals surface area contributed by atoms with Crippen LogP contribution in [0, 0.1) is 5.92 Å². The smallest absolute Gasteiger partial charge is 0.266 e. The average molecular weight is 471 g/mol. The zero-order valence-electron chi connectivity index (χ0n) is 16.0. The van der Waals surface area contributed by atoms with Gasteiger partial charge in [-0.3, -0.25) is 14.4 Å². The van der Waals surface area contributed by atoms with E-state index in [1.165, 1.54) is 17.0 Å². The number of amides is 2. The fourth-order valence-corrected chi connectivity index (χ4v) is 3.76. The summed E-state index contributed by atoms with van der Waals surface area (Å²) >= 11 is 3.40. The number of halogens is 1. The Morgan fingerprint density at radius 1 is 1.20 bits per heavy atom. The van der Waals surface area contributed by atoms with Gasteiger partial charge in [-0.15, -0.1) is 0 Å². The Kier molecular flexibility index (Phi) is 5.80. The molecule has 2 aromatic heterocycles. The number of hydrogen-bond donors (Lipinski definition) is 1. The number of carbonyl (C=O) groups is 2. The Balaban J connectivity index is 1.35. The number of carbonyl (C=O) groups excluding carboxylic acids is 2. The molecule has 3 heterocycles. The van der Waals surface area contributed by atoms with E-state index >= 15 is 0 Å². The molecular weight excluding hydrogens is 452 g/mol. The first kappa shape index (κ1) is 20.1. The van der Waals surface area contributed by atoms with Crippen LogP contribution in [-0.2, 0) is 16.1 Å². The maximum atomic E-state index is 12.5. The van der Waals surface area contributed by atoms with Crippen LogP contribution in [0.4, 0.5) is 5.69 Å². The molecule has 1 aliphatic heterocycles. The minimum absolute atomic E-state index is 0.0858. The predicted octanol–water partition coefficient (Wildman–Crippen LogP) is 2.44. The molecule has 8 nitrogen and oxygen atoms in total. The lowest BCUT2D eigenvalue weighted by Crippen LogP contribution is -2.36. The van der Waals surface area contributed by atoms with Gasteiger partial charge in [0.25, 0.3) is 5.56 Å². The highest BCUT2D eigenvalue weighted by molar-refractivity contribution is 9.10. The average Bonchev–Trinajstić information content (AvgIpc) is 3.39. The third kappa shape index (κ3) is 4.35. The van der Waals surface area contributed by atoms with E-state index in [9.17, 15) is 14.4 Å². The fourth-order valence-electron chi connectivity index (χ4n) is 3.37. The van der Waals surface area contributed by atoms with Gasteiger partial charge < -0.3 is 14.6 Å². The van der Waals surface area contributed by atoms with Crippen LogP contribution in [0.5, 0.6) is 0 Å². The monoisotopic (exact) mass is 470 g/mol. The number of rotatable bonds is 6. The molecule has 0 radical (unpaired) electrons. The molecule has 4 rings (SSSR count). The van der Waals surface area contributed by atoms with E-state index in [2.05, 4.69) is 26.3 Å². The standard InChI is InChI=1S/C21H19BrN4O4/c22-15-3-1-4-16(12-15)25-13-14(11-20(25)28)21(29)23-8-9-26-19(27)7-6-17(24-26)18-5-2-10-30-18/h1-7,10,12,14H,8-9,11,13H2,(H,23,29)/t14-/m0/s1. The molecule has 0 unspecified atom stereocenters. The van der Waals surface area contributed by atoms with Crippen molar-refractivity contribution in [2.24, 2.45) is 5.92 Å². The zero-order chi connectivity index (χ0) is 21.1. The number of nitrogens with one attached hydrogen (secondary N) is 1. The molecule has 0 spiro atoms. The lowest BCUT2D eigenvalue weighted by molar-refractivity contribution is -0.126. The third-order valence-electron chi connectivity index (χ3n) is 4.88. The Morgan fingerprint density at radius 2 is 2.07 bits per heavy atom. The van der Waals surface area contributed by atoms with Crippen molar-refractivity contribution in [3.05, 3.63) is 69.6 Å². The molecule has 1 fully saturated rings. The second-order valence-electron chi connectivity index (χ2n) is 6.93. The van der Waals surface area contributed by atoms with Crippen molar-refractivity contribution in [2.75, 3.05) is 18.0 Å². The normalized spacial score (nSPS) is 16.1. The van der Waals surface area contributed by atoms with Crippen molar-refractivity contribution < 1.29 is 14.0 Å². The van der Waals surface area contributed by atoms with E-state index in [1.807, 2.05) is 24.3 Å². The first-order valence-electron chi connectivity index (χ1n) is 9.47. The lowest BCUT2D eigenvalue weighted by atomic mass is 10.1. The molecule has 1 N–H and O–H groups in total. The van der Waals surface area contributed by atoms with Crippen molar-refractivity contribution in [2.45, 2.75) is 13.0 Å². The second kappa shape index (κ2) is 8.66. The fraction of sp³-hybridized carbons (Fsp3) is 0.238. The van der Waals surface area contributed by atoms with Crippen LogP contribution < -0.4 is 15.8 Å². The summed E-state index contributed by atoms with van der Waals surface area (Å²) in [5, 5.41) is 7.08. The summed E-state index contributed by atoms with van der Waals surface area (Å²) in [6.07, 6.45) is 1.69. The Morgan fingerprint density at radius 3 is 2.83 bits per heavy atom. The number of furan rings is 1. The van der Waals surface area contributed by atoms with Crippen LogP contribution in [0.2, 0.25) is 0 Å². The topological polar surface area (TPSA) is 97.4 Å². The summed E-state index contributed by atoms with van der Waals surface area (Å²) in [6.45, 7) is 0.775. The third-order valence-corrected chi connectivity index (χ3v) is 5.37. The SMILES string of the molecule is O=C(NCCn1nc(-c2ccco2)ccc1=O)[C@H]1CC(=O)N(c2cccc(Br)c2)C1. The van der Waals surface area contributed by atoms with Crippen LogP contribution in [0.3, 0.4) is 0 Å². The molecule has 1 aromatic carbocycles. The molecule has 3 aromatic rings. The highest BCUT2D eigenvalue weighted by Crippen LogP contribution is 2.27. The summed E-state index contributed by atoms with van der Waals surface area (Å²) in [4.78, 5) is 38.6. The van der Waals surface area contributed by atoms with Crippen molar-refractivity contribution in [3.63, 3.8) is 0 Å². The van der Waals surface area contributed by atoms with Crippen molar-refractivity contribution in [1.82, 2.24) is 15.1 Å². The van der Waals surface area contributed by atoms with Crippen molar-refractivity contribution >= 4 is 33.4 Å². The number of hydrogen-bond acceptors (Lipinski definition) is 5. The van der Waals surface area contributed by atoms with Gasteiger partial charge in [0.15, 0.2) is 5.76 Å². The highest BCUT2D eigenvalue weighted by Gasteiger charge is 2.35. The summed E-state index contributed by atoms with van der Waals surface area (Å²) in [5.41, 5.74) is 1.03. The minimum Gasteiger partial charge on any atom is -0.463 e. The summed E-state index contributed by atoms with van der Waals surface area (Å²) < 4.78 is 7.46. The first-order valence-corrected chi connectivity index (χ1v) is 10.3. The quantitative estimate of drug-likeness (QED) is 0.596. The van der Waals surface area contributed by atoms with Gasteiger partial charge in [0.05, 0.1) is 18.7 Å². The largest absolute Gasteiger partial charge is 0.463 e. The van der Waals surface area contributed by atoms with Crippen LogP contribution in [0.15, 0.2) is 68.5 Å². The zero-order valence-corrected chi connectivity index (χ0v) is 17.5. The first-order chi connectivity index (χ1) is 14.5. The minimum atomic E-state index is -0.435. The van der Waals surface area contributed by atoms with E-state index in [0.717, 1.165) is 10.2 Å². The van der Waals surface area contributed by atoms with E-state index in [4.69, 9.17) is 4.42 Å². The molecule has 1 aliphatic rings. The van der Waals surface area contributed by atoms with Crippen LogP contribution in [-0.4, -0.2) is 34.7 Å². The van der Waals surface area contributed by atoms with Crippen molar-refractivity contribution in [1.29, 1.82) is 0 Å². The van der Waals surface area contributed by atoms with E-state index in [1.54, 1.807) is 23.1 Å². The molecular formula is C21H19BrN4O4. The maximum Gasteiger partial charge on any atom is 0.266 e. The van der Waals surface area contributed by atoms with Crippen LogP contribution in [0.25, 0.3) is 11.5 Å². The number of benzene rings is 1. The number of nitrogens with zero attached hydrogens (tertiary/aromatic N) is 3. The molecule has 2 amide bonds. The van der Waals surface area contributed by atoms with Gasteiger partial charge in [0.2, 0.25) is 11.8 Å². The molecule has 9 heteroatoms. The Bertz CT molecular complexity index is 1130. The van der Waals surface area contributed by atoms with E-state index in [0.29, 0.717) is 18.0 Å². The lowest BCUT2D eigenvalue weighted by Gasteiger charge is -2.17. The van der Waals surface area contributed by atoms with Crippen molar-refractivity contribution in [3.8, 4) is 11.5 Å². The van der Waals surface area contributed by atoms with Gasteiger partial charge in [-0.25, -0.2) is 4.68 Å². The molecule has 0 saturated carbocycles. The molecule has 1 saturated heterocycles. The predicted molar refractivity (Wildman–Crippen MR) is 114 cm³/mol. The van der Waals surface area contributed by atoms with E-state index in [-0.39, 0.29) is 36.9 Å². The molecule has 0 aliphatic carbocycles. The van der Waals surface area contributed by atoms with Gasteiger partial charge >= 0.3 is 0 Å².